The van der Waals surface area contributed by atoms with Gasteiger partial charge in [-0.25, -0.2) is 8.78 Å². The first kappa shape index (κ1) is 21.5. The molecule has 0 N–H and O–H groups in total. The number of fused-ring (bicyclic) bond motifs is 2. The molecule has 4 rings (SSSR count). The van der Waals surface area contributed by atoms with Crippen molar-refractivity contribution in [3.8, 4) is 0 Å². The van der Waals surface area contributed by atoms with Crippen LogP contribution in [0.3, 0.4) is 0 Å². The molecule has 4 unspecified atom stereocenters. The standard InChI is InChI=1S/C28H36F2/c1-3-5-6-8-26-27(29)18-24-17-23(13-14-25(24)28(26)30)22-12-11-20-15-19(7-4-2)9-10-21(20)16-22/h3,5,13-14,17-22H,4,6-12,15-16H2,1-2H3. The van der Waals surface area contributed by atoms with Crippen molar-refractivity contribution in [2.24, 2.45) is 17.8 Å². The molecule has 2 saturated carbocycles. The zero-order chi connectivity index (χ0) is 21.1. The molecule has 0 saturated heterocycles. The predicted octanol–water partition coefficient (Wildman–Crippen LogP) is 8.73. The van der Waals surface area contributed by atoms with Gasteiger partial charge in [0.2, 0.25) is 0 Å². The maximum Gasteiger partial charge on any atom is 0.137 e. The largest absolute Gasteiger partial charge is 0.207 e. The second kappa shape index (κ2) is 9.62. The van der Waals surface area contributed by atoms with Gasteiger partial charge in [0, 0.05) is 10.9 Å². The monoisotopic (exact) mass is 410 g/mol. The Morgan fingerprint density at radius 1 is 1.00 bits per heavy atom. The van der Waals surface area contributed by atoms with Gasteiger partial charge in [-0.1, -0.05) is 56.5 Å². The van der Waals surface area contributed by atoms with E-state index in [1.54, 1.807) is 6.07 Å². The van der Waals surface area contributed by atoms with Gasteiger partial charge in [-0.15, -0.1) is 0 Å². The van der Waals surface area contributed by atoms with Crippen LogP contribution in [-0.4, -0.2) is 0 Å². The van der Waals surface area contributed by atoms with Crippen molar-refractivity contribution in [1.29, 1.82) is 0 Å². The lowest BCUT2D eigenvalue weighted by Crippen LogP contribution is -2.30. The highest BCUT2D eigenvalue weighted by molar-refractivity contribution is 5.85. The molecule has 0 amide bonds. The van der Waals surface area contributed by atoms with E-state index in [0.29, 0.717) is 29.5 Å². The summed E-state index contributed by atoms with van der Waals surface area (Å²) in [6.45, 7) is 4.23. The van der Waals surface area contributed by atoms with Crippen LogP contribution < -0.4 is 0 Å². The first-order valence-corrected chi connectivity index (χ1v) is 12.1. The lowest BCUT2D eigenvalue weighted by atomic mass is 9.63. The Balaban J connectivity index is 1.51. The van der Waals surface area contributed by atoms with Gasteiger partial charge in [-0.05, 0) is 92.6 Å². The topological polar surface area (TPSA) is 0 Å². The van der Waals surface area contributed by atoms with E-state index < -0.39 is 5.82 Å². The highest BCUT2D eigenvalue weighted by Crippen LogP contribution is 2.48. The number of hydrogen-bond donors (Lipinski definition) is 0. The highest BCUT2D eigenvalue weighted by Gasteiger charge is 2.35. The summed E-state index contributed by atoms with van der Waals surface area (Å²) in [7, 11) is 0. The molecule has 2 aromatic rings. The summed E-state index contributed by atoms with van der Waals surface area (Å²) in [6.07, 6.45) is 15.6. The average molecular weight is 411 g/mol. The molecule has 0 heterocycles. The van der Waals surface area contributed by atoms with E-state index in [0.717, 1.165) is 17.8 Å². The van der Waals surface area contributed by atoms with Crippen LogP contribution in [0.25, 0.3) is 10.8 Å². The number of hydrogen-bond acceptors (Lipinski definition) is 0. The third-order valence-corrected chi connectivity index (χ3v) is 7.83. The Hall–Kier alpha value is -1.70. The molecule has 162 valence electrons. The Bertz CT molecular complexity index is 897. The Kier molecular flexibility index (Phi) is 6.91. The summed E-state index contributed by atoms with van der Waals surface area (Å²) in [5, 5.41) is 1.27. The van der Waals surface area contributed by atoms with Crippen molar-refractivity contribution < 1.29 is 8.78 Å². The molecule has 0 aliphatic heterocycles. The first-order chi connectivity index (χ1) is 14.6. The highest BCUT2D eigenvalue weighted by atomic mass is 19.1. The van der Waals surface area contributed by atoms with Gasteiger partial charge >= 0.3 is 0 Å². The van der Waals surface area contributed by atoms with E-state index in [2.05, 4.69) is 19.1 Å². The summed E-state index contributed by atoms with van der Waals surface area (Å²) >= 11 is 0. The predicted molar refractivity (Wildman–Crippen MR) is 123 cm³/mol. The molecule has 0 aromatic heterocycles. The maximum absolute atomic E-state index is 15.0. The minimum Gasteiger partial charge on any atom is -0.207 e. The van der Waals surface area contributed by atoms with Crippen molar-refractivity contribution in [3.05, 3.63) is 59.2 Å². The van der Waals surface area contributed by atoms with Gasteiger partial charge in [0.25, 0.3) is 0 Å². The minimum absolute atomic E-state index is 0.220. The number of allylic oxidation sites excluding steroid dienone is 2. The lowest BCUT2D eigenvalue weighted by Gasteiger charge is -2.42. The summed E-state index contributed by atoms with van der Waals surface area (Å²) < 4.78 is 29.6. The summed E-state index contributed by atoms with van der Waals surface area (Å²) in [5.74, 6) is 2.45. The fourth-order valence-electron chi connectivity index (χ4n) is 6.23. The Labute approximate surface area is 180 Å². The molecule has 0 nitrogen and oxygen atoms in total. The van der Waals surface area contributed by atoms with Crippen molar-refractivity contribution in [3.63, 3.8) is 0 Å². The Morgan fingerprint density at radius 2 is 1.80 bits per heavy atom. The van der Waals surface area contributed by atoms with Crippen LogP contribution in [0.5, 0.6) is 0 Å². The van der Waals surface area contributed by atoms with E-state index in [9.17, 15) is 8.78 Å². The molecule has 0 radical (unpaired) electrons. The smallest absolute Gasteiger partial charge is 0.137 e. The quantitative estimate of drug-likeness (QED) is 0.418. The molecule has 2 aromatic carbocycles. The van der Waals surface area contributed by atoms with Crippen LogP contribution >= 0.6 is 0 Å². The second-order valence-electron chi connectivity index (χ2n) is 9.74. The van der Waals surface area contributed by atoms with Gasteiger partial charge in [-0.2, -0.15) is 0 Å². The lowest BCUT2D eigenvalue weighted by molar-refractivity contribution is 0.114. The maximum atomic E-state index is 15.0. The van der Waals surface area contributed by atoms with E-state index in [4.69, 9.17) is 0 Å². The van der Waals surface area contributed by atoms with Gasteiger partial charge < -0.3 is 0 Å². The van der Waals surface area contributed by atoms with E-state index >= 15 is 0 Å². The molecule has 2 aliphatic rings. The number of rotatable bonds is 6. The van der Waals surface area contributed by atoms with Crippen LogP contribution in [0.15, 0.2) is 36.4 Å². The van der Waals surface area contributed by atoms with Gasteiger partial charge in [0.1, 0.15) is 11.6 Å². The molecule has 2 aliphatic carbocycles. The van der Waals surface area contributed by atoms with E-state index in [-0.39, 0.29) is 11.4 Å². The third kappa shape index (κ3) is 4.48. The van der Waals surface area contributed by atoms with Crippen LogP contribution in [0.1, 0.15) is 88.7 Å². The van der Waals surface area contributed by atoms with Crippen molar-refractivity contribution in [2.75, 3.05) is 0 Å². The zero-order valence-corrected chi connectivity index (χ0v) is 18.6. The van der Waals surface area contributed by atoms with Crippen LogP contribution in [0, 0.1) is 29.4 Å². The normalized spacial score (nSPS) is 26.9. The number of halogens is 2. The molecular formula is C28H36F2. The fourth-order valence-corrected chi connectivity index (χ4v) is 6.23. The van der Waals surface area contributed by atoms with Crippen molar-refractivity contribution in [1.82, 2.24) is 0 Å². The summed E-state index contributed by atoms with van der Waals surface area (Å²) in [4.78, 5) is 0. The van der Waals surface area contributed by atoms with Crippen molar-refractivity contribution >= 4 is 10.8 Å². The Morgan fingerprint density at radius 3 is 2.60 bits per heavy atom. The van der Waals surface area contributed by atoms with Gasteiger partial charge in [-0.3, -0.25) is 0 Å². The van der Waals surface area contributed by atoms with Gasteiger partial charge in [0.05, 0.1) is 0 Å². The third-order valence-electron chi connectivity index (χ3n) is 7.83. The molecule has 2 heteroatoms. The fraction of sp³-hybridized carbons (Fsp3) is 0.571. The molecule has 0 spiro atoms. The van der Waals surface area contributed by atoms with Crippen LogP contribution in [0.4, 0.5) is 8.78 Å². The van der Waals surface area contributed by atoms with Crippen LogP contribution in [-0.2, 0) is 6.42 Å². The number of benzene rings is 2. The average Bonchev–Trinajstić information content (AvgIpc) is 2.75. The molecular weight excluding hydrogens is 374 g/mol. The van der Waals surface area contributed by atoms with Gasteiger partial charge in [0.15, 0.2) is 0 Å². The second-order valence-corrected chi connectivity index (χ2v) is 9.74. The SMILES string of the molecule is CC=CCCc1c(F)cc2cc(C3CCC4CC(CCC)CCC4C3)ccc2c1F. The summed E-state index contributed by atoms with van der Waals surface area (Å²) in [6, 6.07) is 7.61. The zero-order valence-electron chi connectivity index (χ0n) is 18.6. The summed E-state index contributed by atoms with van der Waals surface area (Å²) in [5.41, 5.74) is 1.50. The van der Waals surface area contributed by atoms with Crippen LogP contribution in [0.2, 0.25) is 0 Å². The molecule has 2 fully saturated rings. The molecule has 30 heavy (non-hydrogen) atoms. The van der Waals surface area contributed by atoms with E-state index in [1.807, 2.05) is 25.1 Å². The first-order valence-electron chi connectivity index (χ1n) is 12.1. The van der Waals surface area contributed by atoms with E-state index in [1.165, 1.54) is 56.9 Å². The van der Waals surface area contributed by atoms with Crippen molar-refractivity contribution in [2.45, 2.75) is 84.0 Å². The molecule has 4 atom stereocenters. The molecule has 0 bridgehead atoms. The minimum atomic E-state index is -0.403.